The molecular weight excluding hydrogens is 416 g/mol. The molecule has 178 valence electrons. The van der Waals surface area contributed by atoms with Crippen molar-refractivity contribution >= 4 is 23.5 Å². The third kappa shape index (κ3) is 6.62. The summed E-state index contributed by atoms with van der Waals surface area (Å²) in [5, 5.41) is 11.6. The fourth-order valence-electron chi connectivity index (χ4n) is 3.21. The molecule has 4 atom stereocenters. The average Bonchev–Trinajstić information content (AvgIpc) is 3.30. The predicted octanol–water partition coefficient (Wildman–Crippen LogP) is 1.13. The van der Waals surface area contributed by atoms with Gasteiger partial charge in [0.15, 0.2) is 11.5 Å². The van der Waals surface area contributed by atoms with Gasteiger partial charge in [-0.05, 0) is 39.0 Å². The molecular formula is C22H34N4O6. The first-order valence-corrected chi connectivity index (χ1v) is 10.9. The fraction of sp³-hybridized carbons (Fsp3) is 0.682. The minimum absolute atomic E-state index is 0.0612. The van der Waals surface area contributed by atoms with E-state index in [1.54, 1.807) is 27.7 Å². The molecule has 0 saturated carbocycles. The smallest absolute Gasteiger partial charge is 0.274 e. The molecule has 10 heteroatoms. The highest BCUT2D eigenvalue weighted by Gasteiger charge is 2.50. The summed E-state index contributed by atoms with van der Waals surface area (Å²) in [7, 11) is 0. The van der Waals surface area contributed by atoms with Gasteiger partial charge >= 0.3 is 0 Å². The molecule has 3 amide bonds. The van der Waals surface area contributed by atoms with Gasteiger partial charge in [-0.2, -0.15) is 0 Å². The van der Waals surface area contributed by atoms with Gasteiger partial charge in [-0.15, -0.1) is 0 Å². The number of epoxide rings is 1. The van der Waals surface area contributed by atoms with Crippen molar-refractivity contribution in [3.63, 3.8) is 0 Å². The van der Waals surface area contributed by atoms with Crippen LogP contribution in [0.25, 0.3) is 0 Å². The summed E-state index contributed by atoms with van der Waals surface area (Å²) in [4.78, 5) is 50.7. The third-order valence-electron chi connectivity index (χ3n) is 5.29. The highest BCUT2D eigenvalue weighted by atomic mass is 16.6. The molecule has 2 rings (SSSR count). The van der Waals surface area contributed by atoms with Crippen molar-refractivity contribution < 1.29 is 28.4 Å². The maximum atomic E-state index is 13.0. The third-order valence-corrected chi connectivity index (χ3v) is 5.29. The monoisotopic (exact) mass is 450 g/mol. The number of ketones is 1. The molecule has 32 heavy (non-hydrogen) atoms. The van der Waals surface area contributed by atoms with Crippen molar-refractivity contribution in [1.29, 1.82) is 0 Å². The van der Waals surface area contributed by atoms with Crippen LogP contribution < -0.4 is 16.0 Å². The molecule has 1 fully saturated rings. The molecule has 10 nitrogen and oxygen atoms in total. The maximum absolute atomic E-state index is 13.0. The fourth-order valence-corrected chi connectivity index (χ4v) is 3.21. The van der Waals surface area contributed by atoms with Gasteiger partial charge in [0.25, 0.3) is 5.91 Å². The number of carbonyl (C=O) groups excluding carboxylic acids is 4. The lowest BCUT2D eigenvalue weighted by Crippen LogP contribution is -2.57. The molecule has 1 aromatic heterocycles. The van der Waals surface area contributed by atoms with Crippen LogP contribution in [0.15, 0.2) is 10.6 Å². The van der Waals surface area contributed by atoms with Crippen LogP contribution in [0.4, 0.5) is 0 Å². The maximum Gasteiger partial charge on any atom is 0.274 e. The van der Waals surface area contributed by atoms with Crippen LogP contribution in [-0.2, 0) is 19.1 Å². The summed E-state index contributed by atoms with van der Waals surface area (Å²) in [6.07, 6.45) is 0.464. The van der Waals surface area contributed by atoms with E-state index in [4.69, 9.17) is 9.26 Å². The standard InChI is InChI=1S/C22H34N4O6/c1-11(2)8-15(18(27)22(7)10-31-22)24-21(30)17(12(3)4)25-19(28)14(6)23-20(29)16-9-13(5)32-26-16/h9,11-12,14-15,17H,8,10H2,1-7H3,(H,23,29)(H,24,30)(H,25,28)/t14-,15-,17-,22-/m0/s1. The molecule has 0 bridgehead atoms. The molecule has 2 heterocycles. The number of nitrogens with zero attached hydrogens (tertiary/aromatic N) is 1. The highest BCUT2D eigenvalue weighted by Crippen LogP contribution is 2.29. The number of nitrogens with one attached hydrogen (secondary N) is 3. The first kappa shape index (κ1) is 25.5. The van der Waals surface area contributed by atoms with Crippen LogP contribution in [0.3, 0.4) is 0 Å². The number of hydrogen-bond donors (Lipinski definition) is 3. The van der Waals surface area contributed by atoms with Crippen LogP contribution in [0, 0.1) is 18.8 Å². The number of ether oxygens (including phenoxy) is 1. The van der Waals surface area contributed by atoms with E-state index in [1.165, 1.54) is 13.0 Å². The van der Waals surface area contributed by atoms with Crippen LogP contribution in [0.5, 0.6) is 0 Å². The lowest BCUT2D eigenvalue weighted by atomic mass is 9.92. The second-order valence-electron chi connectivity index (χ2n) is 9.32. The number of aromatic nitrogens is 1. The summed E-state index contributed by atoms with van der Waals surface area (Å²) in [5.74, 6) is -1.32. The number of rotatable bonds is 11. The Morgan fingerprint density at radius 1 is 1.06 bits per heavy atom. The summed E-state index contributed by atoms with van der Waals surface area (Å²) < 4.78 is 10.1. The summed E-state index contributed by atoms with van der Waals surface area (Å²) in [6, 6.07) is -1.05. The van der Waals surface area contributed by atoms with Crippen molar-refractivity contribution in [2.45, 2.75) is 78.6 Å². The Balaban J connectivity index is 2.02. The van der Waals surface area contributed by atoms with Crippen LogP contribution in [-0.4, -0.2) is 59.0 Å². The quantitative estimate of drug-likeness (QED) is 0.429. The van der Waals surface area contributed by atoms with E-state index in [-0.39, 0.29) is 23.3 Å². The van der Waals surface area contributed by atoms with E-state index >= 15 is 0 Å². The largest absolute Gasteiger partial charge is 0.361 e. The molecule has 1 aliphatic heterocycles. The normalized spacial score (nSPS) is 20.4. The molecule has 0 aromatic carbocycles. The second kappa shape index (κ2) is 10.2. The topological polar surface area (TPSA) is 143 Å². The van der Waals surface area contributed by atoms with Gasteiger partial charge in [-0.3, -0.25) is 19.2 Å². The Morgan fingerprint density at radius 3 is 2.16 bits per heavy atom. The Hall–Kier alpha value is -2.75. The molecule has 0 aliphatic carbocycles. The highest BCUT2D eigenvalue weighted by molar-refractivity contribution is 5.99. The molecule has 1 saturated heterocycles. The van der Waals surface area contributed by atoms with Crippen molar-refractivity contribution in [1.82, 2.24) is 21.1 Å². The second-order valence-corrected chi connectivity index (χ2v) is 9.32. The first-order valence-electron chi connectivity index (χ1n) is 10.9. The molecule has 1 aliphatic rings. The van der Waals surface area contributed by atoms with Gasteiger partial charge in [-0.25, -0.2) is 0 Å². The summed E-state index contributed by atoms with van der Waals surface area (Å²) in [6.45, 7) is 12.7. The zero-order valence-corrected chi connectivity index (χ0v) is 19.8. The van der Waals surface area contributed by atoms with Crippen molar-refractivity contribution in [2.24, 2.45) is 11.8 Å². The Morgan fingerprint density at radius 2 is 1.69 bits per heavy atom. The minimum Gasteiger partial charge on any atom is -0.361 e. The van der Waals surface area contributed by atoms with Gasteiger partial charge in [0.2, 0.25) is 11.8 Å². The zero-order valence-electron chi connectivity index (χ0n) is 19.8. The number of hydrogen-bond acceptors (Lipinski definition) is 7. The van der Waals surface area contributed by atoms with Crippen LogP contribution in [0.2, 0.25) is 0 Å². The lowest BCUT2D eigenvalue weighted by Gasteiger charge is -2.27. The van der Waals surface area contributed by atoms with Gasteiger partial charge < -0.3 is 25.2 Å². The predicted molar refractivity (Wildman–Crippen MR) is 116 cm³/mol. The van der Waals surface area contributed by atoms with Crippen LogP contribution >= 0.6 is 0 Å². The van der Waals surface area contributed by atoms with E-state index in [1.807, 2.05) is 13.8 Å². The van der Waals surface area contributed by atoms with E-state index < -0.39 is 41.4 Å². The molecule has 0 spiro atoms. The SMILES string of the molecule is Cc1cc(C(=O)N[C@@H](C)C(=O)N[C@H](C(=O)N[C@@H](CC(C)C)C(=O)[C@]2(C)CO2)C(C)C)no1. The Bertz CT molecular complexity index is 858. The van der Waals surface area contributed by atoms with Gasteiger partial charge in [0.05, 0.1) is 12.6 Å². The van der Waals surface area contributed by atoms with E-state index in [0.29, 0.717) is 18.8 Å². The van der Waals surface area contributed by atoms with E-state index in [0.717, 1.165) is 0 Å². The van der Waals surface area contributed by atoms with E-state index in [2.05, 4.69) is 21.1 Å². The minimum atomic E-state index is -0.916. The first-order chi connectivity index (χ1) is 14.8. The van der Waals surface area contributed by atoms with Crippen molar-refractivity contribution in [3.8, 4) is 0 Å². The van der Waals surface area contributed by atoms with Gasteiger partial charge in [-0.1, -0.05) is 32.9 Å². The number of amides is 3. The molecule has 1 aromatic rings. The Labute approximate surface area is 188 Å². The van der Waals surface area contributed by atoms with Crippen molar-refractivity contribution in [3.05, 3.63) is 17.5 Å². The van der Waals surface area contributed by atoms with E-state index in [9.17, 15) is 19.2 Å². The Kier molecular flexibility index (Phi) is 8.17. The number of carbonyl (C=O) groups is 4. The molecule has 0 unspecified atom stereocenters. The van der Waals surface area contributed by atoms with Crippen LogP contribution in [0.1, 0.15) is 64.2 Å². The number of aryl methyl sites for hydroxylation is 1. The number of Topliss-reactive ketones (excluding diaryl/α,β-unsaturated/α-hetero) is 1. The van der Waals surface area contributed by atoms with Gasteiger partial charge in [0.1, 0.15) is 23.4 Å². The summed E-state index contributed by atoms with van der Waals surface area (Å²) >= 11 is 0. The average molecular weight is 451 g/mol. The molecule has 0 radical (unpaired) electrons. The summed E-state index contributed by atoms with van der Waals surface area (Å²) in [5.41, 5.74) is -0.798. The van der Waals surface area contributed by atoms with Crippen molar-refractivity contribution in [2.75, 3.05) is 6.61 Å². The van der Waals surface area contributed by atoms with Gasteiger partial charge in [0, 0.05) is 6.07 Å². The molecule has 3 N–H and O–H groups in total. The lowest BCUT2D eigenvalue weighted by molar-refractivity contribution is -0.134. The zero-order chi connectivity index (χ0) is 24.2.